The first kappa shape index (κ1) is 10.9. The minimum Gasteiger partial charge on any atom is -0.505 e. The molecule has 0 aliphatic heterocycles. The summed E-state index contributed by atoms with van der Waals surface area (Å²) >= 11 is 0. The Balaban J connectivity index is 3.09. The van der Waals surface area contributed by atoms with Gasteiger partial charge in [0.25, 0.3) is 0 Å². The smallest absolute Gasteiger partial charge is 0.168 e. The van der Waals surface area contributed by atoms with Crippen molar-refractivity contribution in [3.8, 4) is 5.75 Å². The minimum atomic E-state index is -0.954. The fourth-order valence-electron chi connectivity index (χ4n) is 1.24. The van der Waals surface area contributed by atoms with Gasteiger partial charge < -0.3 is 10.8 Å². The molecule has 0 bridgehead atoms. The summed E-state index contributed by atoms with van der Waals surface area (Å²) in [5.74, 6) is -2.19. The summed E-state index contributed by atoms with van der Waals surface area (Å²) in [5.41, 5.74) is 5.26. The zero-order valence-electron chi connectivity index (χ0n) is 8.14. The highest BCUT2D eigenvalue weighted by atomic mass is 19.1. The lowest BCUT2D eigenvalue weighted by atomic mass is 9.95. The van der Waals surface area contributed by atoms with Crippen molar-refractivity contribution in [1.82, 2.24) is 0 Å². The van der Waals surface area contributed by atoms with Crippen LogP contribution in [-0.4, -0.2) is 10.6 Å². The van der Waals surface area contributed by atoms with Gasteiger partial charge in [0, 0.05) is 17.2 Å². The number of rotatable bonds is 2. The number of hydrogen-bond donors (Lipinski definition) is 2. The quantitative estimate of drug-likeness (QED) is 0.768. The molecule has 4 heteroatoms. The van der Waals surface area contributed by atoms with Gasteiger partial charge in [-0.05, 0) is 26.3 Å². The van der Waals surface area contributed by atoms with E-state index < -0.39 is 22.9 Å². The van der Waals surface area contributed by atoms with Crippen molar-refractivity contribution < 1.29 is 13.9 Å². The number of benzene rings is 1. The normalized spacial score (nSPS) is 11.8. The lowest BCUT2D eigenvalue weighted by molar-refractivity contribution is 0.410. The molecule has 14 heavy (non-hydrogen) atoms. The molecule has 1 rings (SSSR count). The molecular weight excluding hydrogens is 188 g/mol. The van der Waals surface area contributed by atoms with Crippen molar-refractivity contribution >= 4 is 0 Å². The van der Waals surface area contributed by atoms with E-state index in [0.717, 1.165) is 6.07 Å². The molecule has 0 saturated carbocycles. The van der Waals surface area contributed by atoms with Crippen LogP contribution in [0.1, 0.15) is 19.4 Å². The Morgan fingerprint density at radius 2 is 1.93 bits per heavy atom. The number of phenolic OH excluding ortho intramolecular Hbond substituents is 1. The molecule has 2 nitrogen and oxygen atoms in total. The number of hydrogen-bond acceptors (Lipinski definition) is 2. The summed E-state index contributed by atoms with van der Waals surface area (Å²) in [6.07, 6.45) is 0.216. The average Bonchev–Trinajstić information content (AvgIpc) is 1.96. The van der Waals surface area contributed by atoms with Crippen LogP contribution in [0.3, 0.4) is 0 Å². The molecule has 0 aliphatic rings. The van der Waals surface area contributed by atoms with Gasteiger partial charge in [-0.25, -0.2) is 8.78 Å². The van der Waals surface area contributed by atoms with Crippen LogP contribution in [0, 0.1) is 11.6 Å². The fourth-order valence-corrected chi connectivity index (χ4v) is 1.24. The van der Waals surface area contributed by atoms with E-state index in [0.29, 0.717) is 6.07 Å². The predicted molar refractivity (Wildman–Crippen MR) is 50.0 cm³/mol. The highest BCUT2D eigenvalue weighted by molar-refractivity contribution is 5.35. The predicted octanol–water partition coefficient (Wildman–Crippen LogP) is 1.95. The van der Waals surface area contributed by atoms with E-state index in [-0.39, 0.29) is 12.0 Å². The summed E-state index contributed by atoms with van der Waals surface area (Å²) in [6, 6.07) is 1.73. The van der Waals surface area contributed by atoms with Crippen molar-refractivity contribution in [1.29, 1.82) is 0 Å². The molecule has 0 unspecified atom stereocenters. The molecule has 1 aromatic rings. The van der Waals surface area contributed by atoms with E-state index in [1.807, 2.05) is 0 Å². The van der Waals surface area contributed by atoms with Crippen LogP contribution in [0.5, 0.6) is 5.75 Å². The van der Waals surface area contributed by atoms with E-state index in [2.05, 4.69) is 0 Å². The molecule has 0 heterocycles. The summed E-state index contributed by atoms with van der Waals surface area (Å²) in [6.45, 7) is 3.44. The first-order valence-corrected chi connectivity index (χ1v) is 4.25. The number of phenols is 1. The van der Waals surface area contributed by atoms with Gasteiger partial charge in [0.05, 0.1) is 0 Å². The van der Waals surface area contributed by atoms with Gasteiger partial charge in [0.2, 0.25) is 0 Å². The van der Waals surface area contributed by atoms with Gasteiger partial charge in [-0.15, -0.1) is 0 Å². The monoisotopic (exact) mass is 201 g/mol. The molecule has 0 amide bonds. The van der Waals surface area contributed by atoms with Gasteiger partial charge in [-0.1, -0.05) is 0 Å². The molecule has 0 fully saturated rings. The zero-order chi connectivity index (χ0) is 10.9. The van der Waals surface area contributed by atoms with E-state index in [9.17, 15) is 13.9 Å². The van der Waals surface area contributed by atoms with Crippen LogP contribution in [-0.2, 0) is 6.42 Å². The maximum absolute atomic E-state index is 12.9. The number of halogens is 2. The molecular formula is C10H13F2NO. The van der Waals surface area contributed by atoms with E-state index in [1.54, 1.807) is 13.8 Å². The topological polar surface area (TPSA) is 46.2 Å². The third-order valence-corrected chi connectivity index (χ3v) is 1.75. The van der Waals surface area contributed by atoms with Gasteiger partial charge in [0.1, 0.15) is 5.82 Å². The maximum Gasteiger partial charge on any atom is 0.168 e. The molecule has 0 aromatic heterocycles. The molecule has 3 N–H and O–H groups in total. The molecule has 0 aliphatic carbocycles. The maximum atomic E-state index is 12.9. The SMILES string of the molecule is CC(C)(N)Cc1cc(F)cc(F)c1O. The van der Waals surface area contributed by atoms with Gasteiger partial charge in [0.15, 0.2) is 11.6 Å². The summed E-state index contributed by atoms with van der Waals surface area (Å²) in [7, 11) is 0. The Labute approximate surface area is 81.4 Å². The summed E-state index contributed by atoms with van der Waals surface area (Å²) in [5, 5.41) is 9.29. The van der Waals surface area contributed by atoms with E-state index >= 15 is 0 Å². The van der Waals surface area contributed by atoms with Crippen molar-refractivity contribution in [2.75, 3.05) is 0 Å². The van der Waals surface area contributed by atoms with Crippen LogP contribution in [0.2, 0.25) is 0 Å². The average molecular weight is 201 g/mol. The molecule has 78 valence electrons. The Bertz CT molecular complexity index is 345. The van der Waals surface area contributed by atoms with Gasteiger partial charge >= 0.3 is 0 Å². The van der Waals surface area contributed by atoms with Crippen LogP contribution < -0.4 is 5.73 Å². The second-order valence-electron chi connectivity index (χ2n) is 4.06. The molecule has 0 spiro atoms. The van der Waals surface area contributed by atoms with E-state index in [1.165, 1.54) is 0 Å². The molecule has 0 atom stereocenters. The van der Waals surface area contributed by atoms with Crippen LogP contribution in [0.4, 0.5) is 8.78 Å². The van der Waals surface area contributed by atoms with Crippen LogP contribution in [0.15, 0.2) is 12.1 Å². The lowest BCUT2D eigenvalue weighted by Gasteiger charge is -2.19. The second-order valence-corrected chi connectivity index (χ2v) is 4.06. The third-order valence-electron chi connectivity index (χ3n) is 1.75. The Morgan fingerprint density at radius 3 is 2.43 bits per heavy atom. The van der Waals surface area contributed by atoms with Crippen molar-refractivity contribution in [3.05, 3.63) is 29.3 Å². The van der Waals surface area contributed by atoms with Crippen molar-refractivity contribution in [2.45, 2.75) is 25.8 Å². The van der Waals surface area contributed by atoms with Crippen LogP contribution in [0.25, 0.3) is 0 Å². The highest BCUT2D eigenvalue weighted by Crippen LogP contribution is 2.25. The second kappa shape index (κ2) is 3.53. The van der Waals surface area contributed by atoms with Crippen molar-refractivity contribution in [2.24, 2.45) is 5.73 Å². The number of nitrogens with two attached hydrogens (primary N) is 1. The Hall–Kier alpha value is -1.16. The van der Waals surface area contributed by atoms with E-state index in [4.69, 9.17) is 5.73 Å². The van der Waals surface area contributed by atoms with Crippen molar-refractivity contribution in [3.63, 3.8) is 0 Å². The first-order chi connectivity index (χ1) is 6.29. The fraction of sp³-hybridized carbons (Fsp3) is 0.400. The first-order valence-electron chi connectivity index (χ1n) is 4.25. The molecule has 0 saturated heterocycles. The summed E-state index contributed by atoms with van der Waals surface area (Å²) in [4.78, 5) is 0. The zero-order valence-corrected chi connectivity index (χ0v) is 8.14. The van der Waals surface area contributed by atoms with Gasteiger partial charge in [-0.2, -0.15) is 0 Å². The lowest BCUT2D eigenvalue weighted by Crippen LogP contribution is -2.34. The number of aromatic hydroxyl groups is 1. The molecule has 1 aromatic carbocycles. The minimum absolute atomic E-state index is 0.190. The van der Waals surface area contributed by atoms with Gasteiger partial charge in [-0.3, -0.25) is 0 Å². The Kier molecular flexibility index (Phi) is 2.76. The third kappa shape index (κ3) is 2.67. The summed E-state index contributed by atoms with van der Waals surface area (Å²) < 4.78 is 25.7. The molecule has 0 radical (unpaired) electrons. The van der Waals surface area contributed by atoms with Crippen LogP contribution >= 0.6 is 0 Å². The highest BCUT2D eigenvalue weighted by Gasteiger charge is 2.17. The largest absolute Gasteiger partial charge is 0.505 e. The standard InChI is InChI=1S/C10H13F2NO/c1-10(2,13)5-6-3-7(11)4-8(12)9(6)14/h3-4,14H,5,13H2,1-2H3. The Morgan fingerprint density at radius 1 is 1.36 bits per heavy atom.